The van der Waals surface area contributed by atoms with Crippen LogP contribution in [0.2, 0.25) is 0 Å². The number of fused-ring (bicyclic) bond motifs is 1. The van der Waals surface area contributed by atoms with Crippen LogP contribution in [0.3, 0.4) is 0 Å². The SMILES string of the molecule is CC[C@H](C)NC(=O)[C@@H]1CC(=O)N(c2ccc3c(c2)OCCO3)C1. The quantitative estimate of drug-likeness (QED) is 0.918. The van der Waals surface area contributed by atoms with Crippen molar-refractivity contribution in [3.05, 3.63) is 18.2 Å². The highest BCUT2D eigenvalue weighted by Gasteiger charge is 2.35. The molecule has 124 valence electrons. The van der Waals surface area contributed by atoms with Gasteiger partial charge in [-0.25, -0.2) is 0 Å². The van der Waals surface area contributed by atoms with Gasteiger partial charge < -0.3 is 19.7 Å². The van der Waals surface area contributed by atoms with E-state index in [1.165, 1.54) is 0 Å². The first kappa shape index (κ1) is 15.6. The highest BCUT2D eigenvalue weighted by molar-refractivity contribution is 6.00. The number of anilines is 1. The number of nitrogens with zero attached hydrogens (tertiary/aromatic N) is 1. The number of hydrogen-bond acceptors (Lipinski definition) is 4. The lowest BCUT2D eigenvalue weighted by Crippen LogP contribution is -2.38. The summed E-state index contributed by atoms with van der Waals surface area (Å²) >= 11 is 0. The maximum Gasteiger partial charge on any atom is 0.227 e. The average Bonchev–Trinajstić information content (AvgIpc) is 2.96. The topological polar surface area (TPSA) is 67.9 Å². The highest BCUT2D eigenvalue weighted by atomic mass is 16.6. The van der Waals surface area contributed by atoms with Crippen molar-refractivity contribution in [1.29, 1.82) is 0 Å². The molecule has 1 fully saturated rings. The molecule has 0 spiro atoms. The summed E-state index contributed by atoms with van der Waals surface area (Å²) in [6.45, 7) is 5.43. The Hall–Kier alpha value is -2.24. The summed E-state index contributed by atoms with van der Waals surface area (Å²) in [5, 5.41) is 2.95. The summed E-state index contributed by atoms with van der Waals surface area (Å²) in [5.74, 6) is 0.954. The molecule has 23 heavy (non-hydrogen) atoms. The fraction of sp³-hybridized carbons (Fsp3) is 0.529. The monoisotopic (exact) mass is 318 g/mol. The molecule has 1 aromatic rings. The van der Waals surface area contributed by atoms with Crippen molar-refractivity contribution in [2.45, 2.75) is 32.7 Å². The summed E-state index contributed by atoms with van der Waals surface area (Å²) in [6, 6.07) is 5.58. The predicted molar refractivity (Wildman–Crippen MR) is 85.8 cm³/mol. The van der Waals surface area contributed by atoms with Crippen molar-refractivity contribution in [2.75, 3.05) is 24.7 Å². The van der Waals surface area contributed by atoms with Crippen molar-refractivity contribution < 1.29 is 19.1 Å². The van der Waals surface area contributed by atoms with Crippen LogP contribution in [0, 0.1) is 5.92 Å². The van der Waals surface area contributed by atoms with Crippen LogP contribution in [0.15, 0.2) is 18.2 Å². The van der Waals surface area contributed by atoms with Crippen molar-refractivity contribution in [2.24, 2.45) is 5.92 Å². The number of carbonyl (C=O) groups excluding carboxylic acids is 2. The molecule has 6 heteroatoms. The normalized spacial score (nSPS) is 21.2. The highest BCUT2D eigenvalue weighted by Crippen LogP contribution is 2.35. The largest absolute Gasteiger partial charge is 0.486 e. The molecule has 1 saturated heterocycles. The van der Waals surface area contributed by atoms with Crippen LogP contribution in [0.4, 0.5) is 5.69 Å². The number of amides is 2. The van der Waals surface area contributed by atoms with E-state index in [1.54, 1.807) is 11.0 Å². The first-order chi connectivity index (χ1) is 11.1. The van der Waals surface area contributed by atoms with E-state index in [0.29, 0.717) is 31.3 Å². The van der Waals surface area contributed by atoms with E-state index in [2.05, 4.69) is 5.32 Å². The fourth-order valence-corrected chi connectivity index (χ4v) is 2.80. The summed E-state index contributed by atoms with van der Waals surface area (Å²) < 4.78 is 11.0. The zero-order valence-electron chi connectivity index (χ0n) is 13.5. The molecule has 1 aromatic carbocycles. The number of nitrogens with one attached hydrogen (secondary N) is 1. The van der Waals surface area contributed by atoms with Gasteiger partial charge in [-0.1, -0.05) is 6.92 Å². The Morgan fingerprint density at radius 3 is 2.83 bits per heavy atom. The molecule has 0 saturated carbocycles. The van der Waals surface area contributed by atoms with E-state index < -0.39 is 0 Å². The van der Waals surface area contributed by atoms with Gasteiger partial charge in [-0.3, -0.25) is 9.59 Å². The third kappa shape index (κ3) is 3.25. The molecule has 1 N–H and O–H groups in total. The molecule has 0 radical (unpaired) electrons. The number of rotatable bonds is 4. The third-order valence-electron chi connectivity index (χ3n) is 4.33. The smallest absolute Gasteiger partial charge is 0.227 e. The van der Waals surface area contributed by atoms with Crippen LogP contribution in [-0.2, 0) is 9.59 Å². The molecular weight excluding hydrogens is 296 g/mol. The fourth-order valence-electron chi connectivity index (χ4n) is 2.80. The van der Waals surface area contributed by atoms with E-state index in [-0.39, 0.29) is 30.2 Å². The summed E-state index contributed by atoms with van der Waals surface area (Å²) in [6.07, 6.45) is 1.12. The van der Waals surface area contributed by atoms with Crippen molar-refractivity contribution in [3.63, 3.8) is 0 Å². The van der Waals surface area contributed by atoms with Crippen LogP contribution in [0.5, 0.6) is 11.5 Å². The van der Waals surface area contributed by atoms with E-state index >= 15 is 0 Å². The van der Waals surface area contributed by atoms with Gasteiger partial charge in [0, 0.05) is 30.8 Å². The van der Waals surface area contributed by atoms with Gasteiger partial charge in [0.25, 0.3) is 0 Å². The first-order valence-electron chi connectivity index (χ1n) is 8.09. The minimum Gasteiger partial charge on any atom is -0.486 e. The molecule has 6 nitrogen and oxygen atoms in total. The van der Waals surface area contributed by atoms with Crippen LogP contribution >= 0.6 is 0 Å². The van der Waals surface area contributed by atoms with Gasteiger partial charge in [0.05, 0.1) is 5.92 Å². The molecule has 2 aliphatic heterocycles. The Morgan fingerprint density at radius 1 is 1.35 bits per heavy atom. The van der Waals surface area contributed by atoms with Crippen molar-refractivity contribution in [1.82, 2.24) is 5.32 Å². The molecular formula is C17H22N2O4. The summed E-state index contributed by atoms with van der Waals surface area (Å²) in [4.78, 5) is 26.2. The lowest BCUT2D eigenvalue weighted by atomic mass is 10.1. The molecule has 0 unspecified atom stereocenters. The van der Waals surface area contributed by atoms with E-state index in [0.717, 1.165) is 12.1 Å². The number of ether oxygens (including phenoxy) is 2. The predicted octanol–water partition coefficient (Wildman–Crippen LogP) is 1.73. The molecule has 0 aliphatic carbocycles. The Labute approximate surface area is 135 Å². The van der Waals surface area contributed by atoms with Gasteiger partial charge in [-0.15, -0.1) is 0 Å². The number of benzene rings is 1. The van der Waals surface area contributed by atoms with Gasteiger partial charge in [0.1, 0.15) is 13.2 Å². The zero-order chi connectivity index (χ0) is 16.4. The molecule has 2 heterocycles. The molecule has 3 rings (SSSR count). The van der Waals surface area contributed by atoms with Crippen molar-refractivity contribution >= 4 is 17.5 Å². The lowest BCUT2D eigenvalue weighted by Gasteiger charge is -2.22. The van der Waals surface area contributed by atoms with Crippen LogP contribution in [0.25, 0.3) is 0 Å². The Balaban J connectivity index is 1.71. The van der Waals surface area contributed by atoms with Gasteiger partial charge in [-0.2, -0.15) is 0 Å². The summed E-state index contributed by atoms with van der Waals surface area (Å²) in [5.41, 5.74) is 0.748. The third-order valence-corrected chi connectivity index (χ3v) is 4.33. The van der Waals surface area contributed by atoms with Gasteiger partial charge in [0.15, 0.2) is 11.5 Å². The van der Waals surface area contributed by atoms with Crippen LogP contribution in [-0.4, -0.2) is 37.6 Å². The second kappa shape index (κ2) is 6.48. The molecule has 0 bridgehead atoms. The van der Waals surface area contributed by atoms with Crippen LogP contribution in [0.1, 0.15) is 26.7 Å². The molecule has 0 aromatic heterocycles. The van der Waals surface area contributed by atoms with E-state index in [1.807, 2.05) is 26.0 Å². The molecule has 2 amide bonds. The number of carbonyl (C=O) groups is 2. The van der Waals surface area contributed by atoms with Gasteiger partial charge >= 0.3 is 0 Å². The Morgan fingerprint density at radius 2 is 2.09 bits per heavy atom. The Bertz CT molecular complexity index is 617. The minimum atomic E-state index is -0.301. The standard InChI is InChI=1S/C17H22N2O4/c1-3-11(2)18-17(21)12-8-16(20)19(10-12)13-4-5-14-15(9-13)23-7-6-22-14/h4-5,9,11-12H,3,6-8,10H2,1-2H3,(H,18,21)/t11-,12+/m0/s1. The van der Waals surface area contributed by atoms with Crippen molar-refractivity contribution in [3.8, 4) is 11.5 Å². The van der Waals surface area contributed by atoms with E-state index in [9.17, 15) is 9.59 Å². The average molecular weight is 318 g/mol. The second-order valence-corrected chi connectivity index (χ2v) is 6.05. The summed E-state index contributed by atoms with van der Waals surface area (Å²) in [7, 11) is 0. The van der Waals surface area contributed by atoms with Gasteiger partial charge in [-0.05, 0) is 25.5 Å². The van der Waals surface area contributed by atoms with E-state index in [4.69, 9.17) is 9.47 Å². The maximum atomic E-state index is 12.3. The number of hydrogen-bond donors (Lipinski definition) is 1. The van der Waals surface area contributed by atoms with Crippen LogP contribution < -0.4 is 19.7 Å². The molecule has 2 atom stereocenters. The first-order valence-corrected chi connectivity index (χ1v) is 8.09. The lowest BCUT2D eigenvalue weighted by molar-refractivity contribution is -0.126. The second-order valence-electron chi connectivity index (χ2n) is 6.05. The maximum absolute atomic E-state index is 12.3. The zero-order valence-corrected chi connectivity index (χ0v) is 13.5. The molecule has 2 aliphatic rings. The Kier molecular flexibility index (Phi) is 4.41. The minimum absolute atomic E-state index is 0.0361. The van der Waals surface area contributed by atoms with Gasteiger partial charge in [0.2, 0.25) is 11.8 Å².